The van der Waals surface area contributed by atoms with Crippen molar-refractivity contribution < 1.29 is 4.79 Å². The lowest BCUT2D eigenvalue weighted by atomic mass is 9.96. The molecule has 1 aliphatic rings. The van der Waals surface area contributed by atoms with E-state index in [1.54, 1.807) is 0 Å². The zero-order valence-electron chi connectivity index (χ0n) is 12.0. The average molecular weight is 277 g/mol. The van der Waals surface area contributed by atoms with E-state index in [9.17, 15) is 4.79 Å². The summed E-state index contributed by atoms with van der Waals surface area (Å²) in [5, 5.41) is 6.40. The van der Waals surface area contributed by atoms with E-state index >= 15 is 0 Å². The molecule has 108 valence electrons. The standard InChI is InChI=1S/C14H28N2O.ClH/c1-11(2)8-12(3)9-14(17)16-7-5-13-4-6-15-10-13;/h11-13,15H,4-10H2,1-3H3,(H,16,17);1H. The molecular weight excluding hydrogens is 248 g/mol. The second-order valence-electron chi connectivity index (χ2n) is 5.94. The number of hydrogen-bond acceptors (Lipinski definition) is 2. The third-order valence-electron chi connectivity index (χ3n) is 3.44. The van der Waals surface area contributed by atoms with Crippen LogP contribution in [0.2, 0.25) is 0 Å². The molecule has 1 amide bonds. The topological polar surface area (TPSA) is 41.1 Å². The number of hydrogen-bond donors (Lipinski definition) is 2. The van der Waals surface area contributed by atoms with Gasteiger partial charge >= 0.3 is 0 Å². The number of carbonyl (C=O) groups excluding carboxylic acids is 1. The molecule has 0 aromatic heterocycles. The molecule has 1 heterocycles. The third-order valence-corrected chi connectivity index (χ3v) is 3.44. The Morgan fingerprint density at radius 2 is 2.11 bits per heavy atom. The van der Waals surface area contributed by atoms with Crippen LogP contribution in [-0.4, -0.2) is 25.5 Å². The van der Waals surface area contributed by atoms with Gasteiger partial charge in [-0.05, 0) is 50.1 Å². The molecule has 1 aliphatic heterocycles. The maximum atomic E-state index is 11.7. The fraction of sp³-hybridized carbons (Fsp3) is 0.929. The van der Waals surface area contributed by atoms with Crippen molar-refractivity contribution >= 4 is 18.3 Å². The third kappa shape index (κ3) is 7.93. The molecule has 1 fully saturated rings. The molecule has 1 rings (SSSR count). The number of rotatable bonds is 7. The van der Waals surface area contributed by atoms with Crippen LogP contribution in [0.1, 0.15) is 46.5 Å². The first-order valence-corrected chi connectivity index (χ1v) is 7.05. The molecule has 0 bridgehead atoms. The van der Waals surface area contributed by atoms with E-state index in [-0.39, 0.29) is 18.3 Å². The van der Waals surface area contributed by atoms with E-state index in [1.165, 1.54) is 6.42 Å². The number of halogens is 1. The van der Waals surface area contributed by atoms with Gasteiger partial charge in [0.15, 0.2) is 0 Å². The summed E-state index contributed by atoms with van der Waals surface area (Å²) in [6.45, 7) is 9.70. The average Bonchev–Trinajstić information content (AvgIpc) is 2.68. The molecule has 1 saturated heterocycles. The highest BCUT2D eigenvalue weighted by atomic mass is 35.5. The van der Waals surface area contributed by atoms with Gasteiger partial charge in [-0.1, -0.05) is 20.8 Å². The molecular formula is C14H29ClN2O. The Balaban J connectivity index is 0.00000289. The van der Waals surface area contributed by atoms with Crippen molar-refractivity contribution in [3.05, 3.63) is 0 Å². The van der Waals surface area contributed by atoms with Crippen LogP contribution in [0.15, 0.2) is 0 Å². The summed E-state index contributed by atoms with van der Waals surface area (Å²) < 4.78 is 0. The quantitative estimate of drug-likeness (QED) is 0.750. The van der Waals surface area contributed by atoms with Crippen molar-refractivity contribution in [2.75, 3.05) is 19.6 Å². The fourth-order valence-corrected chi connectivity index (χ4v) is 2.65. The van der Waals surface area contributed by atoms with Crippen molar-refractivity contribution in [1.29, 1.82) is 0 Å². The SMILES string of the molecule is CC(C)CC(C)CC(=O)NCCC1CCNC1.Cl. The van der Waals surface area contributed by atoms with Crippen molar-refractivity contribution in [3.8, 4) is 0 Å². The van der Waals surface area contributed by atoms with Crippen LogP contribution < -0.4 is 10.6 Å². The number of nitrogens with one attached hydrogen (secondary N) is 2. The predicted molar refractivity (Wildman–Crippen MR) is 79.1 cm³/mol. The lowest BCUT2D eigenvalue weighted by molar-refractivity contribution is -0.122. The van der Waals surface area contributed by atoms with E-state index < -0.39 is 0 Å². The second-order valence-corrected chi connectivity index (χ2v) is 5.94. The van der Waals surface area contributed by atoms with Gasteiger partial charge in [0.2, 0.25) is 5.91 Å². The number of carbonyl (C=O) groups is 1. The van der Waals surface area contributed by atoms with Crippen molar-refractivity contribution in [2.45, 2.75) is 46.5 Å². The van der Waals surface area contributed by atoms with Crippen LogP contribution >= 0.6 is 12.4 Å². The van der Waals surface area contributed by atoms with Gasteiger partial charge in [-0.25, -0.2) is 0 Å². The molecule has 0 saturated carbocycles. The van der Waals surface area contributed by atoms with Gasteiger partial charge in [0.05, 0.1) is 0 Å². The van der Waals surface area contributed by atoms with Crippen LogP contribution in [0.4, 0.5) is 0 Å². The van der Waals surface area contributed by atoms with Crippen molar-refractivity contribution in [1.82, 2.24) is 10.6 Å². The summed E-state index contributed by atoms with van der Waals surface area (Å²) in [5.74, 6) is 2.18. The van der Waals surface area contributed by atoms with Gasteiger partial charge in [-0.3, -0.25) is 4.79 Å². The normalized spacial score (nSPS) is 20.6. The summed E-state index contributed by atoms with van der Waals surface area (Å²) in [6, 6.07) is 0. The Hall–Kier alpha value is -0.280. The van der Waals surface area contributed by atoms with Crippen molar-refractivity contribution in [3.63, 3.8) is 0 Å². The molecule has 0 aliphatic carbocycles. The van der Waals surface area contributed by atoms with Gasteiger partial charge in [0.25, 0.3) is 0 Å². The van der Waals surface area contributed by atoms with Gasteiger partial charge < -0.3 is 10.6 Å². The predicted octanol–water partition coefficient (Wildman–Crippen LogP) is 2.60. The van der Waals surface area contributed by atoms with E-state index in [0.29, 0.717) is 18.3 Å². The summed E-state index contributed by atoms with van der Waals surface area (Å²) in [6.07, 6.45) is 4.21. The van der Waals surface area contributed by atoms with Crippen LogP contribution in [0, 0.1) is 17.8 Å². The van der Waals surface area contributed by atoms with E-state index in [0.717, 1.165) is 38.4 Å². The first-order valence-electron chi connectivity index (χ1n) is 7.05. The Kier molecular flexibility index (Phi) is 9.47. The minimum absolute atomic E-state index is 0. The molecule has 4 heteroatoms. The Morgan fingerprint density at radius 3 is 2.67 bits per heavy atom. The van der Waals surface area contributed by atoms with Gasteiger partial charge in [-0.2, -0.15) is 0 Å². The number of amides is 1. The molecule has 2 atom stereocenters. The van der Waals surface area contributed by atoms with Crippen LogP contribution in [0.25, 0.3) is 0 Å². The van der Waals surface area contributed by atoms with Crippen LogP contribution in [0.5, 0.6) is 0 Å². The van der Waals surface area contributed by atoms with E-state index in [4.69, 9.17) is 0 Å². The maximum Gasteiger partial charge on any atom is 0.220 e. The minimum Gasteiger partial charge on any atom is -0.356 e. The Morgan fingerprint density at radius 1 is 1.39 bits per heavy atom. The van der Waals surface area contributed by atoms with E-state index in [1.807, 2.05) is 0 Å². The Bertz CT molecular complexity index is 228. The zero-order chi connectivity index (χ0) is 12.7. The maximum absolute atomic E-state index is 11.7. The minimum atomic E-state index is 0. The zero-order valence-corrected chi connectivity index (χ0v) is 12.8. The summed E-state index contributed by atoms with van der Waals surface area (Å²) in [7, 11) is 0. The largest absolute Gasteiger partial charge is 0.356 e. The highest BCUT2D eigenvalue weighted by Gasteiger charge is 2.15. The molecule has 0 aromatic rings. The smallest absolute Gasteiger partial charge is 0.220 e. The first-order chi connectivity index (χ1) is 8.08. The molecule has 2 N–H and O–H groups in total. The van der Waals surface area contributed by atoms with Crippen molar-refractivity contribution in [2.24, 2.45) is 17.8 Å². The van der Waals surface area contributed by atoms with Gasteiger partial charge in [0.1, 0.15) is 0 Å². The lowest BCUT2D eigenvalue weighted by Gasteiger charge is -2.14. The molecule has 2 unspecified atom stereocenters. The summed E-state index contributed by atoms with van der Waals surface area (Å²) in [5.41, 5.74) is 0. The van der Waals surface area contributed by atoms with Crippen LogP contribution in [-0.2, 0) is 4.79 Å². The second kappa shape index (κ2) is 9.62. The van der Waals surface area contributed by atoms with Gasteiger partial charge in [0, 0.05) is 13.0 Å². The highest BCUT2D eigenvalue weighted by Crippen LogP contribution is 2.14. The van der Waals surface area contributed by atoms with Crippen LogP contribution in [0.3, 0.4) is 0 Å². The highest BCUT2D eigenvalue weighted by molar-refractivity contribution is 5.85. The summed E-state index contributed by atoms with van der Waals surface area (Å²) >= 11 is 0. The molecule has 0 spiro atoms. The molecule has 3 nitrogen and oxygen atoms in total. The first kappa shape index (κ1) is 17.7. The monoisotopic (exact) mass is 276 g/mol. The Labute approximate surface area is 118 Å². The lowest BCUT2D eigenvalue weighted by Crippen LogP contribution is -2.27. The van der Waals surface area contributed by atoms with E-state index in [2.05, 4.69) is 31.4 Å². The fourth-order valence-electron chi connectivity index (χ4n) is 2.65. The molecule has 0 aromatic carbocycles. The summed E-state index contributed by atoms with van der Waals surface area (Å²) in [4.78, 5) is 11.7. The van der Waals surface area contributed by atoms with Gasteiger partial charge in [-0.15, -0.1) is 12.4 Å². The molecule has 0 radical (unpaired) electrons. The molecule has 18 heavy (non-hydrogen) atoms.